The first kappa shape index (κ1) is 16.5. The lowest BCUT2D eigenvalue weighted by Crippen LogP contribution is -2.54. The number of hydrogen-bond acceptors (Lipinski definition) is 5. The average molecular weight is 308 g/mol. The Labute approximate surface area is 130 Å². The molecule has 0 aliphatic carbocycles. The van der Waals surface area contributed by atoms with Crippen LogP contribution in [0.3, 0.4) is 0 Å². The van der Waals surface area contributed by atoms with Crippen molar-refractivity contribution in [1.82, 2.24) is 20.4 Å². The van der Waals surface area contributed by atoms with Crippen LogP contribution in [-0.4, -0.2) is 47.4 Å². The van der Waals surface area contributed by atoms with E-state index in [1.807, 2.05) is 20.2 Å². The van der Waals surface area contributed by atoms with Gasteiger partial charge in [0, 0.05) is 32.3 Å². The molecule has 0 radical (unpaired) electrons. The number of hydrogen-bond donors (Lipinski definition) is 2. The number of aryl methyl sites for hydroxylation is 1. The standard InChI is InChI=1S/C15H24N4O3/c1-5-15(2,14(21)22-4)18-13(20)12-8-16-7-11(12)10-6-17-19(3)9-10/h6,9,11-12,16H,5,7-8H2,1-4H3,(H,18,20)/t11-,12+,15?/m1/s1. The summed E-state index contributed by atoms with van der Waals surface area (Å²) in [5, 5.41) is 10.3. The maximum Gasteiger partial charge on any atom is 0.331 e. The van der Waals surface area contributed by atoms with Crippen molar-refractivity contribution in [3.8, 4) is 0 Å². The normalized spacial score (nSPS) is 23.8. The van der Waals surface area contributed by atoms with E-state index in [-0.39, 0.29) is 17.7 Å². The van der Waals surface area contributed by atoms with Crippen molar-refractivity contribution in [3.05, 3.63) is 18.0 Å². The minimum absolute atomic E-state index is 0.0625. The monoisotopic (exact) mass is 308 g/mol. The summed E-state index contributed by atoms with van der Waals surface area (Å²) in [5.74, 6) is -0.715. The van der Waals surface area contributed by atoms with Crippen LogP contribution in [0.5, 0.6) is 0 Å². The number of amides is 1. The van der Waals surface area contributed by atoms with Crippen molar-refractivity contribution < 1.29 is 14.3 Å². The van der Waals surface area contributed by atoms with Crippen LogP contribution in [0.1, 0.15) is 31.7 Å². The number of carbonyl (C=O) groups excluding carboxylic acids is 2. The number of nitrogens with one attached hydrogen (secondary N) is 2. The summed E-state index contributed by atoms with van der Waals surface area (Å²) in [6.45, 7) is 4.86. The molecule has 1 aromatic heterocycles. The first-order chi connectivity index (χ1) is 10.4. The third-order valence-corrected chi connectivity index (χ3v) is 4.45. The van der Waals surface area contributed by atoms with E-state index in [1.54, 1.807) is 17.8 Å². The van der Waals surface area contributed by atoms with Gasteiger partial charge in [0.05, 0.1) is 19.2 Å². The molecule has 7 heteroatoms. The van der Waals surface area contributed by atoms with Gasteiger partial charge in [-0.05, 0) is 18.9 Å². The summed E-state index contributed by atoms with van der Waals surface area (Å²) in [6.07, 6.45) is 4.19. The Kier molecular flexibility index (Phi) is 4.85. The fraction of sp³-hybridized carbons (Fsp3) is 0.667. The quantitative estimate of drug-likeness (QED) is 0.758. The Hall–Kier alpha value is -1.89. The van der Waals surface area contributed by atoms with Crippen molar-refractivity contribution in [2.45, 2.75) is 31.7 Å². The van der Waals surface area contributed by atoms with Crippen molar-refractivity contribution in [2.75, 3.05) is 20.2 Å². The molecule has 22 heavy (non-hydrogen) atoms. The second-order valence-corrected chi connectivity index (χ2v) is 5.99. The summed E-state index contributed by atoms with van der Waals surface area (Å²) >= 11 is 0. The van der Waals surface area contributed by atoms with Gasteiger partial charge in [-0.2, -0.15) is 5.10 Å². The van der Waals surface area contributed by atoms with Crippen LogP contribution < -0.4 is 10.6 Å². The molecular formula is C15H24N4O3. The van der Waals surface area contributed by atoms with Gasteiger partial charge in [0.1, 0.15) is 5.54 Å². The van der Waals surface area contributed by atoms with Gasteiger partial charge in [0.2, 0.25) is 5.91 Å². The maximum absolute atomic E-state index is 12.6. The molecule has 122 valence electrons. The van der Waals surface area contributed by atoms with Crippen LogP contribution in [0.15, 0.2) is 12.4 Å². The Morgan fingerprint density at radius 2 is 2.27 bits per heavy atom. The summed E-state index contributed by atoms with van der Waals surface area (Å²) in [4.78, 5) is 24.5. The van der Waals surface area contributed by atoms with E-state index < -0.39 is 11.5 Å². The zero-order valence-electron chi connectivity index (χ0n) is 13.5. The molecule has 1 fully saturated rings. The van der Waals surface area contributed by atoms with Crippen molar-refractivity contribution >= 4 is 11.9 Å². The van der Waals surface area contributed by atoms with Gasteiger partial charge in [-0.1, -0.05) is 6.92 Å². The van der Waals surface area contributed by atoms with Crippen LogP contribution >= 0.6 is 0 Å². The van der Waals surface area contributed by atoms with Gasteiger partial charge in [-0.15, -0.1) is 0 Å². The zero-order valence-corrected chi connectivity index (χ0v) is 13.5. The molecule has 1 saturated heterocycles. The number of rotatable bonds is 5. The predicted octanol–water partition coefficient (Wildman–Crippen LogP) is 0.181. The first-order valence-corrected chi connectivity index (χ1v) is 7.51. The smallest absolute Gasteiger partial charge is 0.331 e. The average Bonchev–Trinajstić information content (AvgIpc) is 3.14. The largest absolute Gasteiger partial charge is 0.467 e. The lowest BCUT2D eigenvalue weighted by Gasteiger charge is -2.29. The topological polar surface area (TPSA) is 85.3 Å². The van der Waals surface area contributed by atoms with E-state index in [1.165, 1.54) is 7.11 Å². The number of nitrogens with zero attached hydrogens (tertiary/aromatic N) is 2. The fourth-order valence-corrected chi connectivity index (χ4v) is 2.81. The minimum Gasteiger partial charge on any atom is -0.467 e. The lowest BCUT2D eigenvalue weighted by molar-refractivity contribution is -0.150. The summed E-state index contributed by atoms with van der Waals surface area (Å²) in [5.41, 5.74) is 0.0393. The third kappa shape index (κ3) is 3.14. The summed E-state index contributed by atoms with van der Waals surface area (Å²) in [6, 6.07) is 0. The molecule has 7 nitrogen and oxygen atoms in total. The van der Waals surface area contributed by atoms with E-state index >= 15 is 0 Å². The number of methoxy groups -OCH3 is 1. The second kappa shape index (κ2) is 6.48. The molecule has 0 bridgehead atoms. The van der Waals surface area contributed by atoms with E-state index in [4.69, 9.17) is 4.74 Å². The van der Waals surface area contributed by atoms with Crippen LogP contribution in [0.25, 0.3) is 0 Å². The van der Waals surface area contributed by atoms with E-state index in [9.17, 15) is 9.59 Å². The molecule has 0 spiro atoms. The van der Waals surface area contributed by atoms with Gasteiger partial charge in [0.15, 0.2) is 0 Å². The third-order valence-electron chi connectivity index (χ3n) is 4.45. The van der Waals surface area contributed by atoms with Gasteiger partial charge in [-0.25, -0.2) is 4.79 Å². The number of carbonyl (C=O) groups is 2. The van der Waals surface area contributed by atoms with Gasteiger partial charge < -0.3 is 15.4 Å². The Morgan fingerprint density at radius 1 is 1.55 bits per heavy atom. The Balaban J connectivity index is 2.12. The van der Waals surface area contributed by atoms with Crippen molar-refractivity contribution in [2.24, 2.45) is 13.0 Å². The summed E-state index contributed by atoms with van der Waals surface area (Å²) < 4.78 is 6.53. The van der Waals surface area contributed by atoms with Gasteiger partial charge >= 0.3 is 5.97 Å². The molecule has 1 aromatic rings. The number of esters is 1. The lowest BCUT2D eigenvalue weighted by atomic mass is 9.88. The highest BCUT2D eigenvalue weighted by atomic mass is 16.5. The van der Waals surface area contributed by atoms with E-state index in [0.29, 0.717) is 13.0 Å². The molecule has 2 rings (SSSR count). The molecule has 1 amide bonds. The van der Waals surface area contributed by atoms with Crippen LogP contribution in [0, 0.1) is 5.92 Å². The van der Waals surface area contributed by atoms with Crippen LogP contribution in [0.2, 0.25) is 0 Å². The summed E-state index contributed by atoms with van der Waals surface area (Å²) in [7, 11) is 3.18. The number of aromatic nitrogens is 2. The molecule has 0 aromatic carbocycles. The predicted molar refractivity (Wildman–Crippen MR) is 81.2 cm³/mol. The van der Waals surface area contributed by atoms with Gasteiger partial charge in [0.25, 0.3) is 0 Å². The molecule has 1 unspecified atom stereocenters. The van der Waals surface area contributed by atoms with E-state index in [0.717, 1.165) is 12.1 Å². The molecule has 2 heterocycles. The van der Waals surface area contributed by atoms with E-state index in [2.05, 4.69) is 15.7 Å². The van der Waals surface area contributed by atoms with Crippen molar-refractivity contribution in [3.63, 3.8) is 0 Å². The molecule has 1 aliphatic rings. The van der Waals surface area contributed by atoms with Crippen LogP contribution in [-0.2, 0) is 21.4 Å². The molecule has 1 aliphatic heterocycles. The maximum atomic E-state index is 12.6. The molecule has 0 saturated carbocycles. The second-order valence-electron chi connectivity index (χ2n) is 5.99. The Morgan fingerprint density at radius 3 is 2.82 bits per heavy atom. The fourth-order valence-electron chi connectivity index (χ4n) is 2.81. The van der Waals surface area contributed by atoms with Crippen LogP contribution in [0.4, 0.5) is 0 Å². The highest BCUT2D eigenvalue weighted by Gasteiger charge is 2.40. The first-order valence-electron chi connectivity index (χ1n) is 7.51. The highest BCUT2D eigenvalue weighted by molar-refractivity contribution is 5.89. The Bertz CT molecular complexity index is 557. The SMILES string of the molecule is CCC(C)(NC(=O)[C@H]1CNC[C@@H]1c1cnn(C)c1)C(=O)OC. The zero-order chi connectivity index (χ0) is 16.3. The van der Waals surface area contributed by atoms with Gasteiger partial charge in [-0.3, -0.25) is 9.48 Å². The molecular weight excluding hydrogens is 284 g/mol. The molecule has 3 atom stereocenters. The molecule has 2 N–H and O–H groups in total. The highest BCUT2D eigenvalue weighted by Crippen LogP contribution is 2.28. The number of ether oxygens (including phenoxy) is 1. The minimum atomic E-state index is -0.992. The van der Waals surface area contributed by atoms with Crippen molar-refractivity contribution in [1.29, 1.82) is 0 Å².